The summed E-state index contributed by atoms with van der Waals surface area (Å²) in [5.41, 5.74) is 0.365. The molecule has 0 bridgehead atoms. The minimum Gasteiger partial charge on any atom is -0.508 e. The van der Waals surface area contributed by atoms with Gasteiger partial charge in [-0.15, -0.1) is 0 Å². The highest BCUT2D eigenvalue weighted by molar-refractivity contribution is 6.30. The van der Waals surface area contributed by atoms with Crippen LogP contribution >= 0.6 is 11.6 Å². The van der Waals surface area contributed by atoms with E-state index in [0.29, 0.717) is 24.1 Å². The fourth-order valence-corrected chi connectivity index (χ4v) is 3.30. The highest BCUT2D eigenvalue weighted by Gasteiger charge is 2.19. The third-order valence-corrected chi connectivity index (χ3v) is 4.86. The van der Waals surface area contributed by atoms with Gasteiger partial charge in [0.2, 0.25) is 5.55 Å². The largest absolute Gasteiger partial charge is 0.508 e. The number of carbonyl (C=O) groups is 1. The molecule has 2 aromatic carbocycles. The molecule has 0 radical (unpaired) electrons. The molecule has 1 amide bonds. The number of fused-ring (bicyclic) bond motifs is 1. The predicted octanol–water partition coefficient (Wildman–Crippen LogP) is 4.07. The Morgan fingerprint density at radius 2 is 2.14 bits per heavy atom. The van der Waals surface area contributed by atoms with Gasteiger partial charge in [-0.25, -0.2) is 9.38 Å². The Morgan fingerprint density at radius 3 is 2.90 bits per heavy atom. The first kappa shape index (κ1) is 19.4. The van der Waals surface area contributed by atoms with E-state index in [-0.39, 0.29) is 33.7 Å². The zero-order chi connectivity index (χ0) is 20.4. The minimum absolute atomic E-state index is 0.000423. The molecule has 3 aromatic rings. The van der Waals surface area contributed by atoms with Gasteiger partial charge >= 0.3 is 0 Å². The number of aromatic hydroxyl groups is 1. The first-order valence-electron chi connectivity index (χ1n) is 9.16. The van der Waals surface area contributed by atoms with Gasteiger partial charge < -0.3 is 19.6 Å². The topological polar surface area (TPSA) is 84.1 Å². The number of hydrogen-bond acceptors (Lipinski definition) is 5. The van der Waals surface area contributed by atoms with Gasteiger partial charge in [0.15, 0.2) is 0 Å². The first-order valence-corrected chi connectivity index (χ1v) is 9.54. The number of carbonyl (C=O) groups excluding carboxylic acids is 1. The van der Waals surface area contributed by atoms with Gasteiger partial charge in [-0.1, -0.05) is 11.6 Å². The zero-order valence-electron chi connectivity index (χ0n) is 15.3. The molecule has 0 aliphatic carbocycles. The van der Waals surface area contributed by atoms with E-state index in [1.165, 1.54) is 24.3 Å². The highest BCUT2D eigenvalue weighted by Crippen LogP contribution is 2.23. The number of ether oxygens (including phenoxy) is 1. The third-order valence-electron chi connectivity index (χ3n) is 4.62. The van der Waals surface area contributed by atoms with Crippen LogP contribution in [-0.2, 0) is 4.74 Å². The summed E-state index contributed by atoms with van der Waals surface area (Å²) in [7, 11) is 0. The van der Waals surface area contributed by atoms with Crippen LogP contribution in [0.2, 0.25) is 5.02 Å². The van der Waals surface area contributed by atoms with Crippen LogP contribution < -0.4 is 10.9 Å². The van der Waals surface area contributed by atoms with E-state index < -0.39 is 11.7 Å². The number of benzene rings is 2. The number of nitrogens with one attached hydrogen (secondary N) is 1. The lowest BCUT2D eigenvalue weighted by molar-refractivity contribution is 0.0854. The molecule has 2 N–H and O–H groups in total. The van der Waals surface area contributed by atoms with Crippen molar-refractivity contribution in [3.8, 4) is 5.75 Å². The molecule has 1 atom stereocenters. The second-order valence-corrected chi connectivity index (χ2v) is 7.18. The summed E-state index contributed by atoms with van der Waals surface area (Å²) >= 11 is 5.79. The van der Waals surface area contributed by atoms with Gasteiger partial charge in [0, 0.05) is 29.6 Å². The molecule has 1 aliphatic heterocycles. The molecule has 0 spiro atoms. The molecule has 4 rings (SSSR count). The number of hydrogen-bond donors (Lipinski definition) is 2. The molecule has 6 nitrogen and oxygen atoms in total. The monoisotopic (exact) mass is 416 g/mol. The lowest BCUT2D eigenvalue weighted by Gasteiger charge is -2.11. The van der Waals surface area contributed by atoms with Crippen molar-refractivity contribution in [2.24, 2.45) is 4.99 Å². The molecule has 1 saturated heterocycles. The molecule has 8 heteroatoms. The molecule has 1 aromatic heterocycles. The van der Waals surface area contributed by atoms with E-state index in [1.807, 2.05) is 0 Å². The number of phenolic OH excluding ortho intramolecular Hbond substituents is 1. The SMILES string of the molecule is O=C(NCC1CCCO1)c1cc2ccc(O)cc2oc1=Nc1ccc(Cl)cc1F. The number of rotatable bonds is 4. The molecule has 1 aliphatic rings. The van der Waals surface area contributed by atoms with Crippen LogP contribution in [0.5, 0.6) is 5.75 Å². The van der Waals surface area contributed by atoms with Gasteiger partial charge in [-0.05, 0) is 49.2 Å². The van der Waals surface area contributed by atoms with E-state index in [1.54, 1.807) is 12.1 Å². The van der Waals surface area contributed by atoms with Crippen LogP contribution in [0.4, 0.5) is 10.1 Å². The van der Waals surface area contributed by atoms with Crippen LogP contribution in [0.15, 0.2) is 51.9 Å². The van der Waals surface area contributed by atoms with Crippen LogP contribution in [0.1, 0.15) is 23.2 Å². The van der Waals surface area contributed by atoms with Crippen molar-refractivity contribution in [2.45, 2.75) is 18.9 Å². The Balaban J connectivity index is 1.78. The fraction of sp³-hybridized carbons (Fsp3) is 0.238. The Hall–Kier alpha value is -2.90. The summed E-state index contributed by atoms with van der Waals surface area (Å²) in [5.74, 6) is -1.05. The van der Waals surface area contributed by atoms with E-state index in [4.69, 9.17) is 20.8 Å². The highest BCUT2D eigenvalue weighted by atomic mass is 35.5. The van der Waals surface area contributed by atoms with E-state index in [0.717, 1.165) is 18.9 Å². The summed E-state index contributed by atoms with van der Waals surface area (Å²) in [6, 6.07) is 10.1. The van der Waals surface area contributed by atoms with Gasteiger partial charge in [-0.2, -0.15) is 0 Å². The summed E-state index contributed by atoms with van der Waals surface area (Å²) < 4.78 is 25.5. The maximum absolute atomic E-state index is 14.2. The van der Waals surface area contributed by atoms with Crippen molar-refractivity contribution in [1.29, 1.82) is 0 Å². The average Bonchev–Trinajstić information content (AvgIpc) is 3.21. The normalized spacial score (nSPS) is 17.0. The quantitative estimate of drug-likeness (QED) is 0.671. The molecule has 150 valence electrons. The molecule has 29 heavy (non-hydrogen) atoms. The van der Waals surface area contributed by atoms with Gasteiger partial charge in [0.25, 0.3) is 5.91 Å². The lowest BCUT2D eigenvalue weighted by Crippen LogP contribution is -2.34. The maximum atomic E-state index is 14.2. The zero-order valence-corrected chi connectivity index (χ0v) is 16.1. The molecule has 0 saturated carbocycles. The standard InChI is InChI=1S/C21H18ClFN2O4/c22-13-4-6-18(17(23)9-13)25-21-16(20(27)24-11-15-2-1-7-28-15)8-12-3-5-14(26)10-19(12)29-21/h3-6,8-10,15,26H,1-2,7,11H2,(H,24,27). The fourth-order valence-electron chi connectivity index (χ4n) is 3.14. The smallest absolute Gasteiger partial charge is 0.256 e. The number of amides is 1. The van der Waals surface area contributed by atoms with Crippen LogP contribution in [0, 0.1) is 5.82 Å². The Bertz CT molecular complexity index is 1140. The van der Waals surface area contributed by atoms with Crippen molar-refractivity contribution in [1.82, 2.24) is 5.32 Å². The van der Waals surface area contributed by atoms with Crippen molar-refractivity contribution in [3.63, 3.8) is 0 Å². The second kappa shape index (κ2) is 8.23. The molecular weight excluding hydrogens is 399 g/mol. The predicted molar refractivity (Wildman–Crippen MR) is 106 cm³/mol. The summed E-state index contributed by atoms with van der Waals surface area (Å²) in [6.07, 6.45) is 1.82. The first-order chi connectivity index (χ1) is 14.0. The van der Waals surface area contributed by atoms with Crippen molar-refractivity contribution >= 4 is 34.2 Å². The summed E-state index contributed by atoms with van der Waals surface area (Å²) in [6.45, 7) is 1.05. The molecule has 2 heterocycles. The van der Waals surface area contributed by atoms with E-state index in [9.17, 15) is 14.3 Å². The van der Waals surface area contributed by atoms with Gasteiger partial charge in [0.05, 0.1) is 6.10 Å². The van der Waals surface area contributed by atoms with Crippen LogP contribution in [-0.4, -0.2) is 30.3 Å². The third kappa shape index (κ3) is 4.41. The Morgan fingerprint density at radius 1 is 1.28 bits per heavy atom. The number of halogens is 2. The second-order valence-electron chi connectivity index (χ2n) is 6.74. The molecule has 1 unspecified atom stereocenters. The Kier molecular flexibility index (Phi) is 5.51. The maximum Gasteiger partial charge on any atom is 0.256 e. The van der Waals surface area contributed by atoms with Crippen LogP contribution in [0.3, 0.4) is 0 Å². The van der Waals surface area contributed by atoms with Crippen molar-refractivity contribution in [3.05, 3.63) is 64.4 Å². The van der Waals surface area contributed by atoms with E-state index in [2.05, 4.69) is 10.3 Å². The van der Waals surface area contributed by atoms with Gasteiger partial charge in [0.1, 0.15) is 28.4 Å². The van der Waals surface area contributed by atoms with E-state index >= 15 is 0 Å². The molecule has 1 fully saturated rings. The summed E-state index contributed by atoms with van der Waals surface area (Å²) in [4.78, 5) is 17.0. The average molecular weight is 417 g/mol. The Labute approximate surface area is 170 Å². The lowest BCUT2D eigenvalue weighted by atomic mass is 10.1. The number of phenols is 1. The summed E-state index contributed by atoms with van der Waals surface area (Å²) in [5, 5.41) is 13.4. The van der Waals surface area contributed by atoms with Gasteiger partial charge in [-0.3, -0.25) is 4.79 Å². The number of nitrogens with zero attached hydrogens (tertiary/aromatic N) is 1. The minimum atomic E-state index is -0.644. The van der Waals surface area contributed by atoms with Crippen molar-refractivity contribution < 1.29 is 23.4 Å². The molecular formula is C21H18ClFN2O4. The van der Waals surface area contributed by atoms with Crippen molar-refractivity contribution in [2.75, 3.05) is 13.2 Å². The van der Waals surface area contributed by atoms with Crippen LogP contribution in [0.25, 0.3) is 11.0 Å².